The van der Waals surface area contributed by atoms with Crippen LogP contribution in [0.1, 0.15) is 19.3 Å². The normalized spacial score (nSPS) is 9.83. The first-order valence-corrected chi connectivity index (χ1v) is 5.03. The molecule has 0 amide bonds. The summed E-state index contributed by atoms with van der Waals surface area (Å²) in [5.41, 5.74) is 5.23. The number of carbonyl (C=O) groups is 1. The van der Waals surface area contributed by atoms with Crippen LogP contribution in [0.25, 0.3) is 0 Å². The van der Waals surface area contributed by atoms with E-state index in [0.717, 1.165) is 18.6 Å². The number of esters is 1. The predicted molar refractivity (Wildman–Crippen MR) is 50.5 cm³/mol. The lowest BCUT2D eigenvalue weighted by Gasteiger charge is -2.02. The molecule has 0 atom stereocenters. The van der Waals surface area contributed by atoms with Crippen LogP contribution in [0.5, 0.6) is 0 Å². The molecule has 0 saturated heterocycles. The van der Waals surface area contributed by atoms with Crippen molar-refractivity contribution >= 4 is 17.9 Å². The average molecular weight is 192 g/mol. The molecule has 0 rings (SSSR count). The molecular formula is C7H16N2O2S. The van der Waals surface area contributed by atoms with Gasteiger partial charge in [-0.2, -0.15) is 0 Å². The van der Waals surface area contributed by atoms with Gasteiger partial charge in [-0.15, -0.1) is 0 Å². The SMILES string of the molecule is NCCCOC(=O)CCCSN. The first kappa shape index (κ1) is 11.7. The van der Waals surface area contributed by atoms with Gasteiger partial charge in [0.05, 0.1) is 6.61 Å². The summed E-state index contributed by atoms with van der Waals surface area (Å²) in [6.07, 6.45) is 1.97. The zero-order valence-electron chi connectivity index (χ0n) is 7.12. The molecule has 0 radical (unpaired) electrons. The largest absolute Gasteiger partial charge is 0.466 e. The highest BCUT2D eigenvalue weighted by atomic mass is 32.2. The van der Waals surface area contributed by atoms with E-state index < -0.39 is 0 Å². The Balaban J connectivity index is 3.10. The molecule has 0 unspecified atom stereocenters. The average Bonchev–Trinajstić information content (AvgIpc) is 2.06. The van der Waals surface area contributed by atoms with Crippen LogP contribution in [-0.4, -0.2) is 24.9 Å². The molecule has 4 nitrogen and oxygen atoms in total. The van der Waals surface area contributed by atoms with Crippen LogP contribution in [0.15, 0.2) is 0 Å². The number of hydrogen-bond acceptors (Lipinski definition) is 5. The van der Waals surface area contributed by atoms with E-state index in [4.69, 9.17) is 15.6 Å². The van der Waals surface area contributed by atoms with Crippen molar-refractivity contribution in [2.24, 2.45) is 10.9 Å². The van der Waals surface area contributed by atoms with Crippen LogP contribution in [0.3, 0.4) is 0 Å². The molecule has 72 valence electrons. The van der Waals surface area contributed by atoms with E-state index in [9.17, 15) is 4.79 Å². The second-order valence-electron chi connectivity index (χ2n) is 2.34. The fraction of sp³-hybridized carbons (Fsp3) is 0.857. The molecule has 0 saturated carbocycles. The van der Waals surface area contributed by atoms with Gasteiger partial charge in [-0.3, -0.25) is 9.93 Å². The van der Waals surface area contributed by atoms with Crippen molar-refractivity contribution in [1.82, 2.24) is 0 Å². The van der Waals surface area contributed by atoms with Gasteiger partial charge in [0.25, 0.3) is 0 Å². The van der Waals surface area contributed by atoms with Crippen LogP contribution in [0, 0.1) is 0 Å². The van der Waals surface area contributed by atoms with Crippen LogP contribution < -0.4 is 10.9 Å². The Bertz CT molecular complexity index is 110. The third kappa shape index (κ3) is 7.84. The standard InChI is InChI=1S/C7H16N2O2S/c8-4-2-5-11-7(10)3-1-6-12-9/h1-6,8-9H2. The molecule has 0 aromatic carbocycles. The van der Waals surface area contributed by atoms with E-state index >= 15 is 0 Å². The molecule has 0 aromatic rings. The monoisotopic (exact) mass is 192 g/mol. The molecule has 0 aliphatic rings. The summed E-state index contributed by atoms with van der Waals surface area (Å²) >= 11 is 1.24. The Hall–Kier alpha value is -0.260. The first-order valence-electron chi connectivity index (χ1n) is 3.98. The highest BCUT2D eigenvalue weighted by Gasteiger charge is 2.00. The lowest BCUT2D eigenvalue weighted by molar-refractivity contribution is -0.143. The van der Waals surface area contributed by atoms with E-state index in [1.54, 1.807) is 0 Å². The van der Waals surface area contributed by atoms with Crippen molar-refractivity contribution in [1.29, 1.82) is 0 Å². The zero-order chi connectivity index (χ0) is 9.23. The molecular weight excluding hydrogens is 176 g/mol. The van der Waals surface area contributed by atoms with Crippen molar-refractivity contribution in [2.45, 2.75) is 19.3 Å². The smallest absolute Gasteiger partial charge is 0.305 e. The molecule has 0 heterocycles. The van der Waals surface area contributed by atoms with Crippen molar-refractivity contribution in [2.75, 3.05) is 18.9 Å². The molecule has 0 bridgehead atoms. The molecule has 12 heavy (non-hydrogen) atoms. The van der Waals surface area contributed by atoms with Gasteiger partial charge in [0.15, 0.2) is 0 Å². The Morgan fingerprint density at radius 2 is 2.17 bits per heavy atom. The fourth-order valence-electron chi connectivity index (χ4n) is 0.641. The van der Waals surface area contributed by atoms with Gasteiger partial charge in [-0.05, 0) is 19.4 Å². The van der Waals surface area contributed by atoms with Gasteiger partial charge in [0.2, 0.25) is 0 Å². The molecule has 0 spiro atoms. The second kappa shape index (κ2) is 8.83. The summed E-state index contributed by atoms with van der Waals surface area (Å²) < 4.78 is 4.86. The molecule has 5 heteroatoms. The summed E-state index contributed by atoms with van der Waals surface area (Å²) in [5.74, 6) is 0.643. The summed E-state index contributed by atoms with van der Waals surface area (Å²) in [7, 11) is 0. The number of carbonyl (C=O) groups excluding carboxylic acids is 1. The minimum Gasteiger partial charge on any atom is -0.466 e. The van der Waals surface area contributed by atoms with Gasteiger partial charge in [-0.25, -0.2) is 0 Å². The quantitative estimate of drug-likeness (QED) is 0.344. The number of ether oxygens (including phenoxy) is 1. The highest BCUT2D eigenvalue weighted by molar-refractivity contribution is 7.97. The van der Waals surface area contributed by atoms with Crippen molar-refractivity contribution in [3.8, 4) is 0 Å². The van der Waals surface area contributed by atoms with Gasteiger partial charge in [-0.1, -0.05) is 11.9 Å². The van der Waals surface area contributed by atoms with Crippen molar-refractivity contribution < 1.29 is 9.53 Å². The molecule has 0 fully saturated rings. The Morgan fingerprint density at radius 3 is 2.75 bits per heavy atom. The summed E-state index contributed by atoms with van der Waals surface area (Å²) in [6.45, 7) is 0.997. The van der Waals surface area contributed by atoms with Gasteiger partial charge >= 0.3 is 5.97 Å². The topological polar surface area (TPSA) is 78.3 Å². The predicted octanol–water partition coefficient (Wildman–Crippen LogP) is 0.266. The van der Waals surface area contributed by atoms with Crippen LogP contribution in [-0.2, 0) is 9.53 Å². The third-order valence-electron chi connectivity index (χ3n) is 1.25. The minimum absolute atomic E-state index is 0.155. The van der Waals surface area contributed by atoms with E-state index in [2.05, 4.69) is 0 Å². The Kier molecular flexibility index (Phi) is 8.64. The van der Waals surface area contributed by atoms with Gasteiger partial charge in [0, 0.05) is 12.2 Å². The first-order chi connectivity index (χ1) is 5.81. The maximum Gasteiger partial charge on any atom is 0.305 e. The third-order valence-corrected chi connectivity index (χ3v) is 1.78. The maximum absolute atomic E-state index is 10.9. The molecule has 0 aliphatic heterocycles. The lowest BCUT2D eigenvalue weighted by atomic mass is 10.3. The maximum atomic E-state index is 10.9. The summed E-state index contributed by atoms with van der Waals surface area (Å²) in [6, 6.07) is 0. The summed E-state index contributed by atoms with van der Waals surface area (Å²) in [5, 5.41) is 5.18. The van der Waals surface area contributed by atoms with E-state index in [-0.39, 0.29) is 5.97 Å². The van der Waals surface area contributed by atoms with E-state index in [1.807, 2.05) is 0 Å². The van der Waals surface area contributed by atoms with Gasteiger partial charge in [0.1, 0.15) is 0 Å². The van der Waals surface area contributed by atoms with Crippen molar-refractivity contribution in [3.05, 3.63) is 0 Å². The number of nitrogens with two attached hydrogens (primary N) is 2. The van der Waals surface area contributed by atoms with Crippen LogP contribution >= 0.6 is 11.9 Å². The lowest BCUT2D eigenvalue weighted by Crippen LogP contribution is -2.09. The molecule has 0 aromatic heterocycles. The van der Waals surface area contributed by atoms with Crippen LogP contribution in [0.4, 0.5) is 0 Å². The highest BCUT2D eigenvalue weighted by Crippen LogP contribution is 1.98. The van der Waals surface area contributed by atoms with Crippen molar-refractivity contribution in [3.63, 3.8) is 0 Å². The van der Waals surface area contributed by atoms with Crippen LogP contribution in [0.2, 0.25) is 0 Å². The second-order valence-corrected chi connectivity index (χ2v) is 3.08. The Morgan fingerprint density at radius 1 is 1.42 bits per heavy atom. The Labute approximate surface area is 77.1 Å². The summed E-state index contributed by atoms with van der Waals surface area (Å²) in [4.78, 5) is 10.9. The minimum atomic E-state index is -0.155. The number of rotatable bonds is 7. The fourth-order valence-corrected chi connectivity index (χ4v) is 0.952. The van der Waals surface area contributed by atoms with E-state index in [1.165, 1.54) is 11.9 Å². The number of hydrogen-bond donors (Lipinski definition) is 2. The molecule has 0 aliphatic carbocycles. The molecule has 4 N–H and O–H groups in total. The zero-order valence-corrected chi connectivity index (χ0v) is 7.94. The van der Waals surface area contributed by atoms with E-state index in [0.29, 0.717) is 19.6 Å². The van der Waals surface area contributed by atoms with Gasteiger partial charge < -0.3 is 10.5 Å².